The Labute approximate surface area is 115 Å². The summed E-state index contributed by atoms with van der Waals surface area (Å²) in [7, 11) is 0. The maximum absolute atomic E-state index is 13.6. The van der Waals surface area contributed by atoms with Crippen LogP contribution in [0.5, 0.6) is 0 Å². The molecule has 20 heavy (non-hydrogen) atoms. The number of hydrogen-bond donors (Lipinski definition) is 1. The van der Waals surface area contributed by atoms with Crippen molar-refractivity contribution in [1.82, 2.24) is 19.5 Å². The number of nitrogens with one attached hydrogen (secondary N) is 1. The topological polar surface area (TPSA) is 55.6 Å². The van der Waals surface area contributed by atoms with Crippen molar-refractivity contribution in [2.75, 3.05) is 5.32 Å². The third-order valence-corrected chi connectivity index (χ3v) is 3.15. The van der Waals surface area contributed by atoms with Gasteiger partial charge in [0.2, 0.25) is 0 Å². The molecule has 0 spiro atoms. The molecule has 0 atom stereocenters. The van der Waals surface area contributed by atoms with Crippen molar-refractivity contribution in [2.45, 2.75) is 20.0 Å². The highest BCUT2D eigenvalue weighted by atomic mass is 19.1. The van der Waals surface area contributed by atoms with E-state index in [1.807, 2.05) is 17.6 Å². The minimum absolute atomic E-state index is 0.232. The molecule has 2 heterocycles. The van der Waals surface area contributed by atoms with Gasteiger partial charge in [-0.2, -0.15) is 0 Å². The number of aryl methyl sites for hydroxylation is 1. The number of anilines is 1. The summed E-state index contributed by atoms with van der Waals surface area (Å²) in [6.07, 6.45) is 3.22. The Balaban J connectivity index is 1.88. The highest BCUT2D eigenvalue weighted by molar-refractivity contribution is 5.82. The molecule has 0 aliphatic rings. The molecule has 0 saturated carbocycles. The maximum atomic E-state index is 13.6. The number of aromatic nitrogens is 4. The molecule has 6 heteroatoms. The molecule has 0 saturated heterocycles. The first-order chi connectivity index (χ1) is 9.79. The Kier molecular flexibility index (Phi) is 3.28. The second-order valence-electron chi connectivity index (χ2n) is 4.37. The zero-order valence-electron chi connectivity index (χ0n) is 11.0. The van der Waals surface area contributed by atoms with Crippen LogP contribution in [0.1, 0.15) is 12.5 Å². The Morgan fingerprint density at radius 2 is 2.05 bits per heavy atom. The molecule has 3 rings (SSSR count). The Morgan fingerprint density at radius 3 is 2.85 bits per heavy atom. The van der Waals surface area contributed by atoms with Gasteiger partial charge < -0.3 is 9.88 Å². The number of nitrogens with zero attached hydrogens (tertiary/aromatic N) is 4. The van der Waals surface area contributed by atoms with Crippen LogP contribution >= 0.6 is 0 Å². The van der Waals surface area contributed by atoms with Crippen LogP contribution < -0.4 is 5.32 Å². The number of hydrogen-bond acceptors (Lipinski definition) is 4. The van der Waals surface area contributed by atoms with Gasteiger partial charge in [-0.1, -0.05) is 18.2 Å². The van der Waals surface area contributed by atoms with Gasteiger partial charge in [0.15, 0.2) is 11.5 Å². The van der Waals surface area contributed by atoms with E-state index < -0.39 is 0 Å². The fraction of sp³-hybridized carbons (Fsp3) is 0.214. The Hall–Kier alpha value is -2.50. The lowest BCUT2D eigenvalue weighted by Crippen LogP contribution is -2.04. The van der Waals surface area contributed by atoms with Crippen molar-refractivity contribution in [1.29, 1.82) is 0 Å². The SMILES string of the molecule is CCn1cnc2c(NCc3ccccc3F)ncnc21. The van der Waals surface area contributed by atoms with E-state index in [4.69, 9.17) is 0 Å². The van der Waals surface area contributed by atoms with E-state index >= 15 is 0 Å². The van der Waals surface area contributed by atoms with E-state index in [-0.39, 0.29) is 5.82 Å². The van der Waals surface area contributed by atoms with Crippen LogP contribution in [0.3, 0.4) is 0 Å². The fourth-order valence-corrected chi connectivity index (χ4v) is 2.06. The molecule has 1 N–H and O–H groups in total. The van der Waals surface area contributed by atoms with Gasteiger partial charge in [0.05, 0.1) is 6.33 Å². The highest BCUT2D eigenvalue weighted by Gasteiger charge is 2.09. The lowest BCUT2D eigenvalue weighted by atomic mass is 10.2. The summed E-state index contributed by atoms with van der Waals surface area (Å²) in [6.45, 7) is 3.17. The lowest BCUT2D eigenvalue weighted by Gasteiger charge is -2.07. The summed E-state index contributed by atoms with van der Waals surface area (Å²) >= 11 is 0. The van der Waals surface area contributed by atoms with E-state index in [9.17, 15) is 4.39 Å². The van der Waals surface area contributed by atoms with Gasteiger partial charge in [-0.25, -0.2) is 19.3 Å². The molecule has 1 aromatic carbocycles. The van der Waals surface area contributed by atoms with E-state index in [2.05, 4.69) is 20.3 Å². The van der Waals surface area contributed by atoms with Crippen LogP contribution in [-0.4, -0.2) is 19.5 Å². The predicted octanol–water partition coefficient (Wildman–Crippen LogP) is 2.60. The molecule has 5 nitrogen and oxygen atoms in total. The lowest BCUT2D eigenvalue weighted by molar-refractivity contribution is 0.613. The number of imidazole rings is 1. The Bertz CT molecular complexity index is 737. The first-order valence-electron chi connectivity index (χ1n) is 6.42. The standard InChI is InChI=1S/C14H14FN5/c1-2-20-9-19-12-13(17-8-18-14(12)20)16-7-10-5-3-4-6-11(10)15/h3-6,8-9H,2,7H2,1H3,(H,16,17,18). The summed E-state index contributed by atoms with van der Waals surface area (Å²) in [4.78, 5) is 12.7. The molecule has 3 aromatic rings. The summed E-state index contributed by atoms with van der Waals surface area (Å²) < 4.78 is 15.5. The molecular weight excluding hydrogens is 257 g/mol. The molecule has 0 aliphatic heterocycles. The molecular formula is C14H14FN5. The van der Waals surface area contributed by atoms with Crippen LogP contribution in [0.2, 0.25) is 0 Å². The molecule has 0 bridgehead atoms. The number of fused-ring (bicyclic) bond motifs is 1. The van der Waals surface area contributed by atoms with Crippen molar-refractivity contribution in [3.05, 3.63) is 48.3 Å². The minimum atomic E-state index is -0.232. The summed E-state index contributed by atoms with van der Waals surface area (Å²) in [6, 6.07) is 6.66. The molecule has 2 aromatic heterocycles. The molecule has 0 aliphatic carbocycles. The number of halogens is 1. The van der Waals surface area contributed by atoms with Gasteiger partial charge in [0.1, 0.15) is 17.7 Å². The van der Waals surface area contributed by atoms with Gasteiger partial charge in [0, 0.05) is 18.7 Å². The molecule has 0 radical (unpaired) electrons. The number of rotatable bonds is 4. The van der Waals surface area contributed by atoms with Crippen LogP contribution in [0.15, 0.2) is 36.9 Å². The highest BCUT2D eigenvalue weighted by Crippen LogP contribution is 2.18. The van der Waals surface area contributed by atoms with E-state index in [0.717, 1.165) is 12.2 Å². The van der Waals surface area contributed by atoms with Crippen molar-refractivity contribution < 1.29 is 4.39 Å². The average Bonchev–Trinajstić information content (AvgIpc) is 2.90. The third-order valence-electron chi connectivity index (χ3n) is 3.15. The molecule has 0 amide bonds. The molecule has 102 valence electrons. The zero-order valence-corrected chi connectivity index (χ0v) is 11.0. The van der Waals surface area contributed by atoms with Crippen molar-refractivity contribution in [3.8, 4) is 0 Å². The second kappa shape index (κ2) is 5.24. The summed E-state index contributed by atoms with van der Waals surface area (Å²) in [5.41, 5.74) is 2.07. The number of benzene rings is 1. The quantitative estimate of drug-likeness (QED) is 0.792. The first kappa shape index (κ1) is 12.5. The van der Waals surface area contributed by atoms with Gasteiger partial charge in [-0.3, -0.25) is 0 Å². The average molecular weight is 271 g/mol. The maximum Gasteiger partial charge on any atom is 0.165 e. The minimum Gasteiger partial charge on any atom is -0.364 e. The van der Waals surface area contributed by atoms with Crippen molar-refractivity contribution in [2.24, 2.45) is 0 Å². The van der Waals surface area contributed by atoms with Crippen LogP contribution in [0, 0.1) is 5.82 Å². The van der Waals surface area contributed by atoms with E-state index in [1.54, 1.807) is 18.5 Å². The Morgan fingerprint density at radius 1 is 1.20 bits per heavy atom. The van der Waals surface area contributed by atoms with Crippen LogP contribution in [-0.2, 0) is 13.1 Å². The molecule has 0 fully saturated rings. The summed E-state index contributed by atoms with van der Waals surface area (Å²) in [5, 5.41) is 3.12. The fourth-order valence-electron chi connectivity index (χ4n) is 2.06. The van der Waals surface area contributed by atoms with Gasteiger partial charge in [0.25, 0.3) is 0 Å². The predicted molar refractivity (Wildman–Crippen MR) is 74.7 cm³/mol. The van der Waals surface area contributed by atoms with Crippen LogP contribution in [0.25, 0.3) is 11.2 Å². The smallest absolute Gasteiger partial charge is 0.165 e. The zero-order chi connectivity index (χ0) is 13.9. The van der Waals surface area contributed by atoms with Crippen LogP contribution in [0.4, 0.5) is 10.2 Å². The van der Waals surface area contributed by atoms with Gasteiger partial charge in [-0.05, 0) is 13.0 Å². The first-order valence-corrected chi connectivity index (χ1v) is 6.42. The van der Waals surface area contributed by atoms with Gasteiger partial charge >= 0.3 is 0 Å². The molecule has 0 unspecified atom stereocenters. The van der Waals surface area contributed by atoms with E-state index in [0.29, 0.717) is 23.4 Å². The largest absolute Gasteiger partial charge is 0.364 e. The third kappa shape index (κ3) is 2.20. The monoisotopic (exact) mass is 271 g/mol. The second-order valence-corrected chi connectivity index (χ2v) is 4.37. The van der Waals surface area contributed by atoms with Gasteiger partial charge in [-0.15, -0.1) is 0 Å². The normalized spacial score (nSPS) is 10.9. The van der Waals surface area contributed by atoms with Crippen molar-refractivity contribution >= 4 is 17.0 Å². The summed E-state index contributed by atoms with van der Waals surface area (Å²) in [5.74, 6) is 0.384. The van der Waals surface area contributed by atoms with Crippen molar-refractivity contribution in [3.63, 3.8) is 0 Å². The van der Waals surface area contributed by atoms with E-state index in [1.165, 1.54) is 12.4 Å².